The predicted octanol–water partition coefficient (Wildman–Crippen LogP) is 1.31. The number of nitrogens with zero attached hydrogens (tertiary/aromatic N) is 5. The lowest BCUT2D eigenvalue weighted by atomic mass is 10.1. The van der Waals surface area contributed by atoms with E-state index in [0.717, 1.165) is 34.8 Å². The molecule has 0 spiro atoms. The molecule has 0 bridgehead atoms. The van der Waals surface area contributed by atoms with E-state index in [-0.39, 0.29) is 11.6 Å². The highest BCUT2D eigenvalue weighted by molar-refractivity contribution is 5.48. The van der Waals surface area contributed by atoms with Crippen LogP contribution in [0.2, 0.25) is 0 Å². The van der Waals surface area contributed by atoms with E-state index in [1.165, 1.54) is 0 Å². The Hall–Kier alpha value is -2.58. The zero-order valence-corrected chi connectivity index (χ0v) is 15.2. The number of aryl methyl sites for hydroxylation is 3. The lowest BCUT2D eigenvalue weighted by Gasteiger charge is -2.34. The molecule has 1 aliphatic heterocycles. The van der Waals surface area contributed by atoms with Crippen molar-refractivity contribution in [3.63, 3.8) is 0 Å². The molecule has 3 aromatic rings. The molecule has 1 atom stereocenters. The standard InChI is InChI=1S/C18H22N6O2/c1-11-6-12(2)24-18(20-11)14(8-19-24)9-23-4-5-26-10-16(23)15-7-17(25)22-13(3)21-15/h6-8,16H,4-5,9-10H2,1-3H3,(H,21,22,25)/t16-/m1/s1. The number of rotatable bonds is 3. The topological polar surface area (TPSA) is 88.4 Å². The second-order valence-corrected chi connectivity index (χ2v) is 6.76. The average Bonchev–Trinajstić information content (AvgIpc) is 2.97. The summed E-state index contributed by atoms with van der Waals surface area (Å²) in [4.78, 5) is 26.0. The van der Waals surface area contributed by atoms with Crippen molar-refractivity contribution in [1.82, 2.24) is 29.5 Å². The molecule has 0 radical (unpaired) electrons. The first kappa shape index (κ1) is 16.9. The van der Waals surface area contributed by atoms with Crippen molar-refractivity contribution in [2.24, 2.45) is 0 Å². The highest BCUT2D eigenvalue weighted by Gasteiger charge is 2.27. The fraction of sp³-hybridized carbons (Fsp3) is 0.444. The Morgan fingerprint density at radius 2 is 2.12 bits per heavy atom. The van der Waals surface area contributed by atoms with E-state index in [2.05, 4.69) is 25.0 Å². The van der Waals surface area contributed by atoms with Gasteiger partial charge in [0.1, 0.15) is 5.82 Å². The number of hydrogen-bond donors (Lipinski definition) is 1. The van der Waals surface area contributed by atoms with Crippen LogP contribution in [0.5, 0.6) is 0 Å². The van der Waals surface area contributed by atoms with E-state index in [1.807, 2.05) is 30.6 Å². The SMILES string of the molecule is Cc1cc(C)n2ncc(CN3CCOC[C@@H]3c3cc(=O)[nH]c(C)n3)c2n1. The molecular weight excluding hydrogens is 332 g/mol. The van der Waals surface area contributed by atoms with Crippen LogP contribution < -0.4 is 5.56 Å². The van der Waals surface area contributed by atoms with Crippen molar-refractivity contribution in [3.8, 4) is 0 Å². The van der Waals surface area contributed by atoms with Gasteiger partial charge in [0.05, 0.1) is 31.1 Å². The molecule has 0 aromatic carbocycles. The lowest BCUT2D eigenvalue weighted by molar-refractivity contribution is -0.0142. The second kappa shape index (κ2) is 6.62. The number of fused-ring (bicyclic) bond motifs is 1. The third kappa shape index (κ3) is 3.13. The van der Waals surface area contributed by atoms with Crippen molar-refractivity contribution in [2.75, 3.05) is 19.8 Å². The van der Waals surface area contributed by atoms with Crippen molar-refractivity contribution < 1.29 is 4.74 Å². The number of ether oxygens (including phenoxy) is 1. The summed E-state index contributed by atoms with van der Waals surface area (Å²) >= 11 is 0. The van der Waals surface area contributed by atoms with Crippen LogP contribution >= 0.6 is 0 Å². The Labute approximate surface area is 150 Å². The van der Waals surface area contributed by atoms with Gasteiger partial charge in [-0.3, -0.25) is 9.69 Å². The highest BCUT2D eigenvalue weighted by atomic mass is 16.5. The molecule has 4 heterocycles. The third-order valence-electron chi connectivity index (χ3n) is 4.69. The monoisotopic (exact) mass is 354 g/mol. The Morgan fingerprint density at radius 1 is 1.27 bits per heavy atom. The minimum Gasteiger partial charge on any atom is -0.378 e. The summed E-state index contributed by atoms with van der Waals surface area (Å²) in [5, 5.41) is 4.48. The molecular formula is C18H22N6O2. The van der Waals surface area contributed by atoms with E-state index in [9.17, 15) is 4.79 Å². The number of aromatic nitrogens is 5. The van der Waals surface area contributed by atoms with Crippen molar-refractivity contribution in [1.29, 1.82) is 0 Å². The zero-order valence-electron chi connectivity index (χ0n) is 15.2. The summed E-state index contributed by atoms with van der Waals surface area (Å²) in [6, 6.07) is 3.51. The minimum absolute atomic E-state index is 0.0643. The van der Waals surface area contributed by atoms with Gasteiger partial charge < -0.3 is 9.72 Å². The van der Waals surface area contributed by atoms with Gasteiger partial charge in [-0.25, -0.2) is 14.5 Å². The van der Waals surface area contributed by atoms with Gasteiger partial charge in [-0.1, -0.05) is 0 Å². The van der Waals surface area contributed by atoms with Crippen LogP contribution in [0.15, 0.2) is 23.1 Å². The Bertz CT molecular complexity index is 1010. The van der Waals surface area contributed by atoms with Gasteiger partial charge in [-0.2, -0.15) is 5.10 Å². The van der Waals surface area contributed by atoms with Crippen molar-refractivity contribution >= 4 is 5.65 Å². The van der Waals surface area contributed by atoms with Gasteiger partial charge in [0.15, 0.2) is 5.65 Å². The van der Waals surface area contributed by atoms with Crippen LogP contribution in [0.3, 0.4) is 0 Å². The number of morpholine rings is 1. The maximum atomic E-state index is 11.8. The fourth-order valence-corrected chi connectivity index (χ4v) is 3.52. The molecule has 8 heteroatoms. The summed E-state index contributed by atoms with van der Waals surface area (Å²) in [6.07, 6.45) is 1.87. The molecule has 4 rings (SSSR count). The van der Waals surface area contributed by atoms with E-state index >= 15 is 0 Å². The first-order chi connectivity index (χ1) is 12.5. The van der Waals surface area contributed by atoms with E-state index < -0.39 is 0 Å². The number of hydrogen-bond acceptors (Lipinski definition) is 6. The van der Waals surface area contributed by atoms with Crippen molar-refractivity contribution in [3.05, 3.63) is 57.2 Å². The first-order valence-electron chi connectivity index (χ1n) is 8.72. The van der Waals surface area contributed by atoms with Gasteiger partial charge in [0.25, 0.3) is 5.56 Å². The fourth-order valence-electron chi connectivity index (χ4n) is 3.52. The molecule has 136 valence electrons. The number of nitrogens with one attached hydrogen (secondary N) is 1. The molecule has 26 heavy (non-hydrogen) atoms. The average molecular weight is 354 g/mol. The van der Waals surface area contributed by atoms with E-state index in [1.54, 1.807) is 13.0 Å². The third-order valence-corrected chi connectivity index (χ3v) is 4.69. The molecule has 1 fully saturated rings. The summed E-state index contributed by atoms with van der Waals surface area (Å²) in [5.41, 5.74) is 4.57. The molecule has 1 N–H and O–H groups in total. The smallest absolute Gasteiger partial charge is 0.251 e. The maximum absolute atomic E-state index is 11.8. The van der Waals surface area contributed by atoms with Gasteiger partial charge >= 0.3 is 0 Å². The molecule has 0 aliphatic carbocycles. The largest absolute Gasteiger partial charge is 0.378 e. The van der Waals surface area contributed by atoms with Crippen LogP contribution in [-0.4, -0.2) is 49.2 Å². The molecule has 1 aliphatic rings. The van der Waals surface area contributed by atoms with Crippen LogP contribution in [0, 0.1) is 20.8 Å². The predicted molar refractivity (Wildman–Crippen MR) is 96.0 cm³/mol. The summed E-state index contributed by atoms with van der Waals surface area (Å²) in [6.45, 7) is 8.42. The minimum atomic E-state index is -0.137. The molecule has 1 saturated heterocycles. The molecule has 3 aromatic heterocycles. The highest BCUT2D eigenvalue weighted by Crippen LogP contribution is 2.25. The first-order valence-corrected chi connectivity index (χ1v) is 8.72. The van der Waals surface area contributed by atoms with Gasteiger partial charge in [0.2, 0.25) is 0 Å². The zero-order chi connectivity index (χ0) is 18.3. The Kier molecular flexibility index (Phi) is 4.29. The van der Waals surface area contributed by atoms with Crippen LogP contribution in [-0.2, 0) is 11.3 Å². The van der Waals surface area contributed by atoms with E-state index in [0.29, 0.717) is 25.6 Å². The quantitative estimate of drug-likeness (QED) is 0.763. The van der Waals surface area contributed by atoms with Gasteiger partial charge in [-0.05, 0) is 26.8 Å². The number of H-pyrrole nitrogens is 1. The van der Waals surface area contributed by atoms with Crippen molar-refractivity contribution in [2.45, 2.75) is 33.4 Å². The number of aromatic amines is 1. The molecule has 0 saturated carbocycles. The second-order valence-electron chi connectivity index (χ2n) is 6.76. The molecule has 0 unspecified atom stereocenters. The van der Waals surface area contributed by atoms with E-state index in [4.69, 9.17) is 4.74 Å². The Morgan fingerprint density at radius 3 is 2.92 bits per heavy atom. The lowest BCUT2D eigenvalue weighted by Crippen LogP contribution is -2.40. The normalized spacial score (nSPS) is 18.5. The Balaban J connectivity index is 1.68. The maximum Gasteiger partial charge on any atom is 0.251 e. The van der Waals surface area contributed by atoms with Crippen LogP contribution in [0.1, 0.15) is 34.5 Å². The van der Waals surface area contributed by atoms with Gasteiger partial charge in [-0.15, -0.1) is 0 Å². The summed E-state index contributed by atoms with van der Waals surface area (Å²) < 4.78 is 7.53. The van der Waals surface area contributed by atoms with Crippen LogP contribution in [0.25, 0.3) is 5.65 Å². The molecule has 0 amide bonds. The molecule has 8 nitrogen and oxygen atoms in total. The van der Waals surface area contributed by atoms with Gasteiger partial charge in [0, 0.05) is 36.1 Å². The summed E-state index contributed by atoms with van der Waals surface area (Å²) in [7, 11) is 0. The van der Waals surface area contributed by atoms with Crippen LogP contribution in [0.4, 0.5) is 0 Å². The summed E-state index contributed by atoms with van der Waals surface area (Å²) in [5.74, 6) is 0.613.